The van der Waals surface area contributed by atoms with Crippen molar-refractivity contribution >= 4 is 50.7 Å². The molecule has 3 aromatic rings. The van der Waals surface area contributed by atoms with Crippen LogP contribution in [0.1, 0.15) is 37.8 Å². The van der Waals surface area contributed by atoms with E-state index in [0.717, 1.165) is 22.7 Å². The Bertz CT molecular complexity index is 1470. The van der Waals surface area contributed by atoms with Gasteiger partial charge in [0.15, 0.2) is 0 Å². The van der Waals surface area contributed by atoms with Gasteiger partial charge in [-0.1, -0.05) is 72.4 Å². The summed E-state index contributed by atoms with van der Waals surface area (Å²) in [5, 5.41) is 3.51. The van der Waals surface area contributed by atoms with Gasteiger partial charge in [-0.15, -0.1) is 0 Å². The fraction of sp³-hybridized carbons (Fsp3) is 0.333. The number of anilines is 1. The van der Waals surface area contributed by atoms with Crippen molar-refractivity contribution in [3.8, 4) is 5.75 Å². The second kappa shape index (κ2) is 14.6. The Morgan fingerprint density at radius 1 is 1.00 bits per heavy atom. The number of carbonyl (C=O) groups excluding carboxylic acids is 2. The SMILES string of the molecule is CCCCNC(=O)[C@@H](C)N(Cc1ccc(Cl)c(Cl)c1)C(=O)CN(c1ccccc1OC)S(=O)(=O)c1ccc(C)cc1. The number of unbranched alkanes of at least 4 members (excludes halogenated alkanes) is 1. The zero-order valence-electron chi connectivity index (χ0n) is 23.6. The van der Waals surface area contributed by atoms with Gasteiger partial charge in [-0.25, -0.2) is 8.42 Å². The lowest BCUT2D eigenvalue weighted by atomic mass is 10.1. The number of sulfonamides is 1. The molecular weight excluding hydrogens is 585 g/mol. The molecule has 2 amide bonds. The molecule has 11 heteroatoms. The molecule has 220 valence electrons. The highest BCUT2D eigenvalue weighted by Gasteiger charge is 2.33. The highest BCUT2D eigenvalue weighted by molar-refractivity contribution is 7.92. The molecular formula is C30H35Cl2N3O5S. The van der Waals surface area contributed by atoms with Crippen molar-refractivity contribution < 1.29 is 22.7 Å². The number of methoxy groups -OCH3 is 1. The lowest BCUT2D eigenvalue weighted by molar-refractivity contribution is -0.139. The molecule has 3 rings (SSSR count). The van der Waals surface area contributed by atoms with Crippen molar-refractivity contribution in [3.63, 3.8) is 0 Å². The second-order valence-electron chi connectivity index (χ2n) is 9.59. The predicted molar refractivity (Wildman–Crippen MR) is 163 cm³/mol. The van der Waals surface area contributed by atoms with Gasteiger partial charge in [0.1, 0.15) is 18.3 Å². The van der Waals surface area contributed by atoms with Gasteiger partial charge in [-0.3, -0.25) is 13.9 Å². The van der Waals surface area contributed by atoms with Gasteiger partial charge in [-0.2, -0.15) is 0 Å². The third-order valence-corrected chi connectivity index (χ3v) is 9.09. The van der Waals surface area contributed by atoms with E-state index in [-0.39, 0.29) is 28.8 Å². The monoisotopic (exact) mass is 619 g/mol. The van der Waals surface area contributed by atoms with Crippen LogP contribution >= 0.6 is 23.2 Å². The Morgan fingerprint density at radius 3 is 2.32 bits per heavy atom. The van der Waals surface area contributed by atoms with E-state index >= 15 is 0 Å². The predicted octanol–water partition coefficient (Wildman–Crippen LogP) is 5.84. The molecule has 0 radical (unpaired) electrons. The molecule has 0 bridgehead atoms. The Hall–Kier alpha value is -3.27. The van der Waals surface area contributed by atoms with E-state index in [9.17, 15) is 18.0 Å². The maximum atomic E-state index is 14.0. The average Bonchev–Trinajstić information content (AvgIpc) is 2.96. The van der Waals surface area contributed by atoms with Crippen molar-refractivity contribution in [2.24, 2.45) is 0 Å². The molecule has 0 aliphatic rings. The first kappa shape index (κ1) is 32.2. The Morgan fingerprint density at radius 2 is 1.68 bits per heavy atom. The van der Waals surface area contributed by atoms with Gasteiger partial charge in [0.25, 0.3) is 10.0 Å². The van der Waals surface area contributed by atoms with Crippen LogP contribution in [0.4, 0.5) is 5.69 Å². The van der Waals surface area contributed by atoms with Crippen LogP contribution in [0.15, 0.2) is 71.6 Å². The van der Waals surface area contributed by atoms with Crippen LogP contribution < -0.4 is 14.4 Å². The van der Waals surface area contributed by atoms with Crippen LogP contribution in [0.25, 0.3) is 0 Å². The minimum atomic E-state index is -4.21. The molecule has 0 fully saturated rings. The zero-order valence-corrected chi connectivity index (χ0v) is 25.9. The molecule has 0 unspecified atom stereocenters. The van der Waals surface area contributed by atoms with Gasteiger partial charge >= 0.3 is 0 Å². The maximum absolute atomic E-state index is 14.0. The third kappa shape index (κ3) is 8.15. The van der Waals surface area contributed by atoms with E-state index in [0.29, 0.717) is 22.2 Å². The number of ether oxygens (including phenoxy) is 1. The number of para-hydroxylation sites is 2. The van der Waals surface area contributed by atoms with Gasteiger partial charge in [0.2, 0.25) is 11.8 Å². The first-order valence-corrected chi connectivity index (χ1v) is 15.4. The summed E-state index contributed by atoms with van der Waals surface area (Å²) >= 11 is 12.3. The lowest BCUT2D eigenvalue weighted by Gasteiger charge is -2.32. The molecule has 8 nitrogen and oxygen atoms in total. The van der Waals surface area contributed by atoms with Gasteiger partial charge in [0, 0.05) is 13.1 Å². The van der Waals surface area contributed by atoms with Gasteiger partial charge in [-0.05, 0) is 62.2 Å². The summed E-state index contributed by atoms with van der Waals surface area (Å²) in [6.07, 6.45) is 1.68. The summed E-state index contributed by atoms with van der Waals surface area (Å²) in [4.78, 5) is 28.5. The number of aryl methyl sites for hydroxylation is 1. The van der Waals surface area contributed by atoms with Crippen molar-refractivity contribution in [1.29, 1.82) is 0 Å². The third-order valence-electron chi connectivity index (χ3n) is 6.58. The van der Waals surface area contributed by atoms with Crippen molar-refractivity contribution in [2.45, 2.75) is 51.1 Å². The van der Waals surface area contributed by atoms with Crippen molar-refractivity contribution in [2.75, 3.05) is 24.5 Å². The topological polar surface area (TPSA) is 96.0 Å². The zero-order chi connectivity index (χ0) is 30.2. The lowest BCUT2D eigenvalue weighted by Crippen LogP contribution is -2.51. The summed E-state index contributed by atoms with van der Waals surface area (Å²) in [7, 11) is -2.79. The van der Waals surface area contributed by atoms with E-state index in [2.05, 4.69) is 5.32 Å². The smallest absolute Gasteiger partial charge is 0.264 e. The number of hydrogen-bond donors (Lipinski definition) is 1. The molecule has 0 saturated heterocycles. The highest BCUT2D eigenvalue weighted by atomic mass is 35.5. The molecule has 0 aliphatic carbocycles. The minimum absolute atomic E-state index is 0.00241. The fourth-order valence-corrected chi connectivity index (χ4v) is 5.89. The van der Waals surface area contributed by atoms with Crippen LogP contribution in [0.5, 0.6) is 5.75 Å². The number of amides is 2. The number of halogens is 2. The number of nitrogens with one attached hydrogen (secondary N) is 1. The standard InChI is InChI=1S/C30H35Cl2N3O5S/c1-5-6-17-33-30(37)22(3)34(19-23-13-16-25(31)26(32)18-23)29(36)20-35(27-9-7-8-10-28(27)40-4)41(38,39)24-14-11-21(2)12-15-24/h7-16,18,22H,5-6,17,19-20H2,1-4H3,(H,33,37)/t22-/m1/s1. The molecule has 0 aromatic heterocycles. The van der Waals surface area contributed by atoms with E-state index in [1.165, 1.54) is 24.1 Å². The molecule has 0 spiro atoms. The summed E-state index contributed by atoms with van der Waals surface area (Å²) in [5.74, 6) is -0.662. The molecule has 1 N–H and O–H groups in total. The van der Waals surface area contributed by atoms with Gasteiger partial charge < -0.3 is 15.0 Å². The normalized spacial score (nSPS) is 12.0. The van der Waals surface area contributed by atoms with Crippen LogP contribution in [-0.2, 0) is 26.2 Å². The Balaban J connectivity index is 2.05. The second-order valence-corrected chi connectivity index (χ2v) is 12.3. The van der Waals surface area contributed by atoms with Crippen LogP contribution in [0.3, 0.4) is 0 Å². The Labute approximate surface area is 252 Å². The first-order chi connectivity index (χ1) is 19.5. The largest absolute Gasteiger partial charge is 0.495 e. The van der Waals surface area contributed by atoms with Crippen LogP contribution in [0.2, 0.25) is 10.0 Å². The number of rotatable bonds is 13. The highest BCUT2D eigenvalue weighted by Crippen LogP contribution is 2.33. The number of nitrogens with zero attached hydrogens (tertiary/aromatic N) is 2. The molecule has 41 heavy (non-hydrogen) atoms. The quantitative estimate of drug-likeness (QED) is 0.243. The molecule has 0 aliphatic heterocycles. The molecule has 3 aromatic carbocycles. The van der Waals surface area contributed by atoms with Gasteiger partial charge in [0.05, 0.1) is 27.7 Å². The summed E-state index contributed by atoms with van der Waals surface area (Å²) in [6.45, 7) is 5.36. The number of hydrogen-bond acceptors (Lipinski definition) is 5. The summed E-state index contributed by atoms with van der Waals surface area (Å²) in [6, 6.07) is 17.0. The van der Waals surface area contributed by atoms with E-state index in [1.54, 1.807) is 61.5 Å². The summed E-state index contributed by atoms with van der Waals surface area (Å²) in [5.41, 5.74) is 1.71. The average molecular weight is 621 g/mol. The molecule has 0 saturated carbocycles. The number of benzene rings is 3. The molecule has 1 atom stereocenters. The van der Waals surface area contributed by atoms with Crippen molar-refractivity contribution in [3.05, 3.63) is 87.9 Å². The van der Waals surface area contributed by atoms with E-state index in [1.807, 2.05) is 13.8 Å². The number of carbonyl (C=O) groups is 2. The Kier molecular flexibility index (Phi) is 11.5. The van der Waals surface area contributed by atoms with Crippen LogP contribution in [-0.4, -0.2) is 51.4 Å². The van der Waals surface area contributed by atoms with Crippen molar-refractivity contribution in [1.82, 2.24) is 10.2 Å². The minimum Gasteiger partial charge on any atom is -0.495 e. The fourth-order valence-electron chi connectivity index (χ4n) is 4.14. The first-order valence-electron chi connectivity index (χ1n) is 13.2. The van der Waals surface area contributed by atoms with Crippen LogP contribution in [0, 0.1) is 6.92 Å². The van der Waals surface area contributed by atoms with E-state index < -0.39 is 28.5 Å². The van der Waals surface area contributed by atoms with E-state index in [4.69, 9.17) is 27.9 Å². The molecule has 0 heterocycles. The summed E-state index contributed by atoms with van der Waals surface area (Å²) < 4.78 is 34.4. The maximum Gasteiger partial charge on any atom is 0.264 e.